The summed E-state index contributed by atoms with van der Waals surface area (Å²) < 4.78 is 5.96. The minimum atomic E-state index is -0.0327. The standard InChI is InChI=1S/C21H27N3O2S/c1-2-14-27-20-7-5-18(6-8-20)23-21(25)24-12-9-19(10-13-24)26-16-17-4-3-11-22-15-17/h3-8,11,15,19H,2,9-10,12-14,16H2,1H3,(H,23,25). The zero-order valence-corrected chi connectivity index (χ0v) is 16.6. The molecule has 2 amide bonds. The van der Waals surface area contributed by atoms with Crippen molar-refractivity contribution in [3.63, 3.8) is 0 Å². The molecular weight excluding hydrogens is 358 g/mol. The highest BCUT2D eigenvalue weighted by Crippen LogP contribution is 2.22. The Hall–Kier alpha value is -2.05. The van der Waals surface area contributed by atoms with Gasteiger partial charge in [0.25, 0.3) is 0 Å². The lowest BCUT2D eigenvalue weighted by molar-refractivity contribution is 0.00530. The van der Waals surface area contributed by atoms with Crippen LogP contribution in [0.1, 0.15) is 31.7 Å². The van der Waals surface area contributed by atoms with Crippen LogP contribution >= 0.6 is 11.8 Å². The molecule has 27 heavy (non-hydrogen) atoms. The molecule has 0 radical (unpaired) electrons. The number of urea groups is 1. The van der Waals surface area contributed by atoms with Gasteiger partial charge in [0.05, 0.1) is 12.7 Å². The van der Waals surface area contributed by atoms with Crippen molar-refractivity contribution < 1.29 is 9.53 Å². The molecule has 0 saturated carbocycles. The molecule has 1 aliphatic heterocycles. The number of aromatic nitrogens is 1. The Bertz CT molecular complexity index is 701. The van der Waals surface area contributed by atoms with E-state index in [-0.39, 0.29) is 12.1 Å². The van der Waals surface area contributed by atoms with E-state index in [1.165, 1.54) is 4.90 Å². The Morgan fingerprint density at radius 1 is 1.26 bits per heavy atom. The Kier molecular flexibility index (Phi) is 7.54. The molecule has 3 rings (SSSR count). The summed E-state index contributed by atoms with van der Waals surface area (Å²) in [4.78, 5) is 19.7. The summed E-state index contributed by atoms with van der Waals surface area (Å²) in [5.41, 5.74) is 1.93. The highest BCUT2D eigenvalue weighted by molar-refractivity contribution is 7.99. The number of pyridine rings is 1. The predicted molar refractivity (Wildman–Crippen MR) is 110 cm³/mol. The predicted octanol–water partition coefficient (Wildman–Crippen LogP) is 4.80. The number of hydrogen-bond donors (Lipinski definition) is 1. The molecule has 0 aliphatic carbocycles. The van der Waals surface area contributed by atoms with Crippen LogP contribution in [-0.2, 0) is 11.3 Å². The summed E-state index contributed by atoms with van der Waals surface area (Å²) in [6.07, 6.45) is 6.67. The SMILES string of the molecule is CCCSc1ccc(NC(=O)N2CCC(OCc3cccnc3)CC2)cc1. The van der Waals surface area contributed by atoms with E-state index in [1.807, 2.05) is 47.1 Å². The number of carbonyl (C=O) groups is 1. The molecule has 0 atom stereocenters. The van der Waals surface area contributed by atoms with E-state index in [0.717, 1.165) is 36.3 Å². The fourth-order valence-electron chi connectivity index (χ4n) is 2.98. The lowest BCUT2D eigenvalue weighted by atomic mass is 10.1. The first kappa shape index (κ1) is 19.7. The molecule has 0 spiro atoms. The van der Waals surface area contributed by atoms with Crippen LogP contribution in [0.5, 0.6) is 0 Å². The molecule has 6 heteroatoms. The quantitative estimate of drug-likeness (QED) is 0.696. The van der Waals surface area contributed by atoms with Gasteiger partial charge in [-0.3, -0.25) is 4.98 Å². The van der Waals surface area contributed by atoms with Gasteiger partial charge in [-0.25, -0.2) is 4.79 Å². The van der Waals surface area contributed by atoms with Crippen LogP contribution in [0.2, 0.25) is 0 Å². The van der Waals surface area contributed by atoms with E-state index in [0.29, 0.717) is 19.7 Å². The van der Waals surface area contributed by atoms with Crippen molar-refractivity contribution in [3.8, 4) is 0 Å². The number of nitrogens with one attached hydrogen (secondary N) is 1. The molecule has 0 bridgehead atoms. The summed E-state index contributed by atoms with van der Waals surface area (Å²) >= 11 is 1.84. The summed E-state index contributed by atoms with van der Waals surface area (Å²) in [6, 6.07) is 12.0. The van der Waals surface area contributed by atoms with E-state index in [9.17, 15) is 4.79 Å². The van der Waals surface area contributed by atoms with E-state index < -0.39 is 0 Å². The van der Waals surface area contributed by atoms with Gasteiger partial charge in [0.15, 0.2) is 0 Å². The molecule has 1 aromatic heterocycles. The molecule has 2 aromatic rings. The number of nitrogens with zero attached hydrogens (tertiary/aromatic N) is 2. The van der Waals surface area contributed by atoms with Crippen LogP contribution in [0.15, 0.2) is 53.7 Å². The first-order chi connectivity index (χ1) is 13.2. The molecule has 1 N–H and O–H groups in total. The maximum atomic E-state index is 12.5. The second-order valence-corrected chi connectivity index (χ2v) is 7.83. The maximum absolute atomic E-state index is 12.5. The molecule has 2 heterocycles. The van der Waals surface area contributed by atoms with E-state index in [4.69, 9.17) is 4.74 Å². The van der Waals surface area contributed by atoms with E-state index in [1.54, 1.807) is 6.20 Å². The first-order valence-corrected chi connectivity index (χ1v) is 10.5. The maximum Gasteiger partial charge on any atom is 0.321 e. The molecule has 1 aromatic carbocycles. The third-order valence-electron chi connectivity index (χ3n) is 4.52. The van der Waals surface area contributed by atoms with Crippen LogP contribution in [0.4, 0.5) is 10.5 Å². The van der Waals surface area contributed by atoms with Crippen LogP contribution in [-0.4, -0.2) is 40.9 Å². The third kappa shape index (κ3) is 6.26. The van der Waals surface area contributed by atoms with Crippen molar-refractivity contribution in [2.75, 3.05) is 24.2 Å². The number of rotatable bonds is 7. The number of anilines is 1. The van der Waals surface area contributed by atoms with Crippen molar-refractivity contribution >= 4 is 23.5 Å². The monoisotopic (exact) mass is 385 g/mol. The Labute approximate surface area is 165 Å². The highest BCUT2D eigenvalue weighted by atomic mass is 32.2. The number of hydrogen-bond acceptors (Lipinski definition) is 4. The molecule has 1 saturated heterocycles. The van der Waals surface area contributed by atoms with Gasteiger partial charge in [-0.1, -0.05) is 13.0 Å². The van der Waals surface area contributed by atoms with Gasteiger partial charge in [-0.15, -0.1) is 11.8 Å². The highest BCUT2D eigenvalue weighted by Gasteiger charge is 2.23. The first-order valence-electron chi connectivity index (χ1n) is 9.54. The molecule has 1 fully saturated rings. The van der Waals surface area contributed by atoms with Gasteiger partial charge in [0.1, 0.15) is 0 Å². The van der Waals surface area contributed by atoms with Gasteiger partial charge in [-0.2, -0.15) is 0 Å². The lowest BCUT2D eigenvalue weighted by Crippen LogP contribution is -2.43. The zero-order valence-electron chi connectivity index (χ0n) is 15.8. The van der Waals surface area contributed by atoms with Crippen molar-refractivity contribution in [2.45, 2.75) is 43.8 Å². The number of amides is 2. The number of carbonyl (C=O) groups excluding carboxylic acids is 1. The van der Waals surface area contributed by atoms with Crippen molar-refractivity contribution in [1.82, 2.24) is 9.88 Å². The van der Waals surface area contributed by atoms with Crippen molar-refractivity contribution in [1.29, 1.82) is 0 Å². The Morgan fingerprint density at radius 2 is 2.04 bits per heavy atom. The summed E-state index contributed by atoms with van der Waals surface area (Å²) in [5, 5.41) is 3.00. The minimum Gasteiger partial charge on any atom is -0.373 e. The number of likely N-dealkylation sites (tertiary alicyclic amines) is 1. The zero-order chi connectivity index (χ0) is 18.9. The molecule has 144 valence electrons. The topological polar surface area (TPSA) is 54.5 Å². The summed E-state index contributed by atoms with van der Waals surface area (Å²) in [7, 11) is 0. The fourth-order valence-corrected chi connectivity index (χ4v) is 3.75. The average Bonchev–Trinajstić information content (AvgIpc) is 2.73. The van der Waals surface area contributed by atoms with Gasteiger partial charge in [0, 0.05) is 36.1 Å². The fraction of sp³-hybridized carbons (Fsp3) is 0.429. The van der Waals surface area contributed by atoms with Gasteiger partial charge in [0.2, 0.25) is 0 Å². The van der Waals surface area contributed by atoms with Gasteiger partial charge in [-0.05, 0) is 60.9 Å². The van der Waals surface area contributed by atoms with Crippen molar-refractivity contribution in [2.24, 2.45) is 0 Å². The van der Waals surface area contributed by atoms with Gasteiger partial charge < -0.3 is 15.0 Å². The minimum absolute atomic E-state index is 0.0327. The summed E-state index contributed by atoms with van der Waals surface area (Å²) in [6.45, 7) is 4.18. The number of ether oxygens (including phenoxy) is 1. The van der Waals surface area contributed by atoms with Gasteiger partial charge >= 0.3 is 6.03 Å². The normalized spacial score (nSPS) is 14.9. The third-order valence-corrected chi connectivity index (χ3v) is 5.73. The second kappa shape index (κ2) is 10.3. The van der Waals surface area contributed by atoms with Crippen LogP contribution in [0.3, 0.4) is 0 Å². The smallest absolute Gasteiger partial charge is 0.321 e. The second-order valence-electron chi connectivity index (χ2n) is 6.66. The molecular formula is C21H27N3O2S. The Balaban J connectivity index is 1.40. The summed E-state index contributed by atoms with van der Waals surface area (Å²) in [5.74, 6) is 1.11. The van der Waals surface area contributed by atoms with E-state index >= 15 is 0 Å². The molecule has 0 unspecified atom stereocenters. The van der Waals surface area contributed by atoms with Crippen molar-refractivity contribution in [3.05, 3.63) is 54.4 Å². The number of thioether (sulfide) groups is 1. The molecule has 1 aliphatic rings. The van der Waals surface area contributed by atoms with Crippen LogP contribution < -0.4 is 5.32 Å². The largest absolute Gasteiger partial charge is 0.373 e. The lowest BCUT2D eigenvalue weighted by Gasteiger charge is -2.32. The average molecular weight is 386 g/mol. The number of piperidine rings is 1. The Morgan fingerprint density at radius 3 is 2.70 bits per heavy atom. The molecule has 5 nitrogen and oxygen atoms in total. The van der Waals surface area contributed by atoms with E-state index in [2.05, 4.69) is 29.4 Å². The van der Waals surface area contributed by atoms with Crippen LogP contribution in [0, 0.1) is 0 Å². The van der Waals surface area contributed by atoms with Crippen LogP contribution in [0.25, 0.3) is 0 Å². The number of benzene rings is 1.